The Morgan fingerprint density at radius 3 is 2.82 bits per heavy atom. The molecule has 2 amide bonds. The van der Waals surface area contributed by atoms with Crippen LogP contribution in [0.4, 0.5) is 4.39 Å². The van der Waals surface area contributed by atoms with Gasteiger partial charge in [-0.25, -0.2) is 9.37 Å². The topological polar surface area (TPSA) is 67.2 Å². The number of nitrogens with one attached hydrogen (secondary N) is 1. The van der Waals surface area contributed by atoms with Crippen molar-refractivity contribution in [3.05, 3.63) is 59.3 Å². The number of hydrogen-bond donors (Lipinski definition) is 1. The van der Waals surface area contributed by atoms with Gasteiger partial charge in [-0.3, -0.25) is 14.5 Å². The van der Waals surface area contributed by atoms with Gasteiger partial charge in [0.2, 0.25) is 5.91 Å². The zero-order chi connectivity index (χ0) is 20.1. The Morgan fingerprint density at radius 2 is 2.14 bits per heavy atom. The number of carbonyl (C=O) groups excluding carboxylic acids is 2. The molecule has 28 heavy (non-hydrogen) atoms. The van der Waals surface area contributed by atoms with Gasteiger partial charge < -0.3 is 9.88 Å². The molecule has 1 aliphatic rings. The molecule has 0 unspecified atom stereocenters. The maximum atomic E-state index is 13.0. The number of rotatable bonds is 7. The second-order valence-electron chi connectivity index (χ2n) is 6.22. The second-order valence-corrected chi connectivity index (χ2v) is 7.90. The molecule has 1 aromatic carbocycles. The summed E-state index contributed by atoms with van der Waals surface area (Å²) in [4.78, 5) is 30.8. The van der Waals surface area contributed by atoms with Crippen LogP contribution in [0.5, 0.6) is 0 Å². The molecule has 146 valence electrons. The first kappa shape index (κ1) is 20.2. The molecule has 1 atom stereocenters. The molecule has 1 aromatic heterocycles. The summed E-state index contributed by atoms with van der Waals surface area (Å²) in [5.41, 5.74) is 0.693. The van der Waals surface area contributed by atoms with Crippen LogP contribution >= 0.6 is 24.0 Å². The summed E-state index contributed by atoms with van der Waals surface area (Å²) in [7, 11) is 0. The van der Waals surface area contributed by atoms with Crippen LogP contribution in [0.3, 0.4) is 0 Å². The van der Waals surface area contributed by atoms with Crippen molar-refractivity contribution in [3.63, 3.8) is 0 Å². The lowest BCUT2D eigenvalue weighted by Gasteiger charge is -2.22. The molecule has 2 heterocycles. The van der Waals surface area contributed by atoms with Crippen LogP contribution < -0.4 is 5.32 Å². The van der Waals surface area contributed by atoms with Gasteiger partial charge in [0.05, 0.1) is 11.2 Å². The van der Waals surface area contributed by atoms with Crippen molar-refractivity contribution in [1.82, 2.24) is 19.8 Å². The van der Waals surface area contributed by atoms with Gasteiger partial charge in [-0.05, 0) is 37.1 Å². The molecule has 0 radical (unpaired) electrons. The standard InChI is InChI=1S/C19H19FN4O2S2/c1-13(17(25)22-7-2-9-23-10-8-21-12-23)24-18(26)16(28-19(24)27)11-14-3-5-15(20)6-4-14/h3-6,8,10-13H,2,7,9H2,1H3,(H,22,25)/b16-11+/t13-/m0/s1. The van der Waals surface area contributed by atoms with Crippen molar-refractivity contribution in [2.75, 3.05) is 6.54 Å². The Bertz CT molecular complexity index is 897. The molecule has 0 saturated carbocycles. The number of imidazole rings is 1. The summed E-state index contributed by atoms with van der Waals surface area (Å²) in [6.07, 6.45) is 7.68. The van der Waals surface area contributed by atoms with Crippen molar-refractivity contribution in [2.24, 2.45) is 0 Å². The molecule has 0 aliphatic carbocycles. The Morgan fingerprint density at radius 1 is 1.39 bits per heavy atom. The zero-order valence-corrected chi connectivity index (χ0v) is 16.8. The van der Waals surface area contributed by atoms with E-state index in [4.69, 9.17) is 12.2 Å². The molecule has 3 rings (SSSR count). The highest BCUT2D eigenvalue weighted by molar-refractivity contribution is 8.26. The van der Waals surface area contributed by atoms with Crippen molar-refractivity contribution in [1.29, 1.82) is 0 Å². The van der Waals surface area contributed by atoms with Crippen molar-refractivity contribution < 1.29 is 14.0 Å². The molecule has 1 aliphatic heterocycles. The Balaban J connectivity index is 1.57. The summed E-state index contributed by atoms with van der Waals surface area (Å²) in [5.74, 6) is -0.923. The van der Waals surface area contributed by atoms with E-state index >= 15 is 0 Å². The molecule has 1 saturated heterocycles. The largest absolute Gasteiger partial charge is 0.354 e. The van der Waals surface area contributed by atoms with Gasteiger partial charge in [-0.2, -0.15) is 0 Å². The minimum Gasteiger partial charge on any atom is -0.354 e. The molecule has 0 bridgehead atoms. The number of hydrogen-bond acceptors (Lipinski definition) is 5. The third kappa shape index (κ3) is 4.85. The van der Waals surface area contributed by atoms with E-state index in [1.54, 1.807) is 37.7 Å². The number of carbonyl (C=O) groups is 2. The van der Waals surface area contributed by atoms with Gasteiger partial charge in [0.1, 0.15) is 16.2 Å². The summed E-state index contributed by atoms with van der Waals surface area (Å²) < 4.78 is 15.3. The Labute approximate surface area is 171 Å². The van der Waals surface area contributed by atoms with Gasteiger partial charge >= 0.3 is 0 Å². The van der Waals surface area contributed by atoms with Crippen molar-refractivity contribution in [2.45, 2.75) is 25.9 Å². The number of aromatic nitrogens is 2. The molecule has 1 N–H and O–H groups in total. The number of halogens is 1. The lowest BCUT2D eigenvalue weighted by atomic mass is 10.2. The average molecular weight is 419 g/mol. The van der Waals surface area contributed by atoms with Gasteiger partial charge in [0, 0.05) is 25.5 Å². The minimum absolute atomic E-state index is 0.259. The van der Waals surface area contributed by atoms with E-state index in [1.807, 2.05) is 10.8 Å². The number of amides is 2. The van der Waals surface area contributed by atoms with E-state index in [0.29, 0.717) is 21.3 Å². The molecular weight excluding hydrogens is 399 g/mol. The number of thiocarbonyl (C=S) groups is 1. The molecule has 6 nitrogen and oxygen atoms in total. The first-order valence-electron chi connectivity index (χ1n) is 8.72. The molecule has 1 fully saturated rings. The number of thioether (sulfide) groups is 1. The zero-order valence-electron chi connectivity index (χ0n) is 15.2. The molecule has 2 aromatic rings. The Hall–Kier alpha value is -2.52. The van der Waals surface area contributed by atoms with E-state index < -0.39 is 6.04 Å². The van der Waals surface area contributed by atoms with Gasteiger partial charge in [0.25, 0.3) is 5.91 Å². The highest BCUT2D eigenvalue weighted by atomic mass is 32.2. The summed E-state index contributed by atoms with van der Waals surface area (Å²) in [5, 5.41) is 2.84. The highest BCUT2D eigenvalue weighted by Crippen LogP contribution is 2.34. The first-order valence-corrected chi connectivity index (χ1v) is 9.94. The van der Waals surface area contributed by atoms with Crippen molar-refractivity contribution in [3.8, 4) is 0 Å². The van der Waals surface area contributed by atoms with Crippen LogP contribution in [-0.4, -0.2) is 43.2 Å². The van der Waals surface area contributed by atoms with E-state index in [1.165, 1.54) is 17.0 Å². The van der Waals surface area contributed by atoms with Crippen LogP contribution in [0.25, 0.3) is 6.08 Å². The fourth-order valence-electron chi connectivity index (χ4n) is 2.68. The summed E-state index contributed by atoms with van der Waals surface area (Å²) in [6, 6.07) is 5.11. The van der Waals surface area contributed by atoms with E-state index in [-0.39, 0.29) is 17.6 Å². The van der Waals surface area contributed by atoms with Gasteiger partial charge in [-0.15, -0.1) is 0 Å². The fraction of sp³-hybridized carbons (Fsp3) is 0.263. The predicted molar refractivity (Wildman–Crippen MR) is 111 cm³/mol. The van der Waals surface area contributed by atoms with Crippen LogP contribution in [0.1, 0.15) is 18.9 Å². The van der Waals surface area contributed by atoms with E-state index in [2.05, 4.69) is 10.3 Å². The Kier molecular flexibility index (Phi) is 6.58. The summed E-state index contributed by atoms with van der Waals surface area (Å²) >= 11 is 6.43. The lowest BCUT2D eigenvalue weighted by Crippen LogP contribution is -2.47. The monoisotopic (exact) mass is 418 g/mol. The van der Waals surface area contributed by atoms with Gasteiger partial charge in [-0.1, -0.05) is 36.1 Å². The van der Waals surface area contributed by atoms with E-state index in [9.17, 15) is 14.0 Å². The second kappa shape index (κ2) is 9.11. The molecule has 9 heteroatoms. The number of nitrogens with zero attached hydrogens (tertiary/aromatic N) is 3. The number of benzene rings is 1. The molecule has 0 spiro atoms. The number of aryl methyl sites for hydroxylation is 1. The fourth-order valence-corrected chi connectivity index (χ4v) is 4.10. The first-order chi connectivity index (χ1) is 13.5. The highest BCUT2D eigenvalue weighted by Gasteiger charge is 2.38. The third-order valence-electron chi connectivity index (χ3n) is 4.21. The quantitative estimate of drug-likeness (QED) is 0.426. The average Bonchev–Trinajstić information content (AvgIpc) is 3.28. The van der Waals surface area contributed by atoms with E-state index in [0.717, 1.165) is 24.7 Å². The van der Waals surface area contributed by atoms with Crippen LogP contribution in [0.2, 0.25) is 0 Å². The lowest BCUT2D eigenvalue weighted by molar-refractivity contribution is -0.132. The minimum atomic E-state index is -0.708. The molecular formula is C19H19FN4O2S2. The smallest absolute Gasteiger partial charge is 0.266 e. The predicted octanol–water partition coefficient (Wildman–Crippen LogP) is 2.82. The SMILES string of the molecule is C[C@@H](C(=O)NCCCn1ccnc1)N1C(=O)/C(=C\c2ccc(F)cc2)SC1=S. The maximum absolute atomic E-state index is 13.0. The third-order valence-corrected chi connectivity index (χ3v) is 5.54. The summed E-state index contributed by atoms with van der Waals surface area (Å²) in [6.45, 7) is 2.88. The van der Waals surface area contributed by atoms with Crippen LogP contribution in [-0.2, 0) is 16.1 Å². The van der Waals surface area contributed by atoms with Crippen LogP contribution in [0.15, 0.2) is 47.9 Å². The maximum Gasteiger partial charge on any atom is 0.266 e. The van der Waals surface area contributed by atoms with Crippen LogP contribution in [0, 0.1) is 5.82 Å². The van der Waals surface area contributed by atoms with Gasteiger partial charge in [0.15, 0.2) is 0 Å². The van der Waals surface area contributed by atoms with Crippen molar-refractivity contribution >= 4 is 46.2 Å². The normalized spacial score (nSPS) is 16.6.